The third-order valence-electron chi connectivity index (χ3n) is 5.55. The Morgan fingerprint density at radius 2 is 1.79 bits per heavy atom. The highest BCUT2D eigenvalue weighted by atomic mass is 35.5. The van der Waals surface area contributed by atoms with Gasteiger partial charge < -0.3 is 10.2 Å². The van der Waals surface area contributed by atoms with E-state index in [1.54, 1.807) is 18.3 Å². The number of hydrogen-bond acceptors (Lipinski definition) is 5. The summed E-state index contributed by atoms with van der Waals surface area (Å²) in [5.41, 5.74) is 2.83. The molecule has 2 heterocycles. The average molecular weight is 484 g/mol. The Balaban J connectivity index is 1.24. The maximum Gasteiger partial charge on any atom is 0.238 e. The maximum absolute atomic E-state index is 12.8. The number of benzene rings is 2. The molecule has 1 aliphatic rings. The fourth-order valence-corrected chi connectivity index (χ4v) is 4.79. The molecule has 1 aliphatic heterocycles. The van der Waals surface area contributed by atoms with Gasteiger partial charge in [-0.15, -0.1) is 0 Å². The summed E-state index contributed by atoms with van der Waals surface area (Å²) in [6, 6.07) is 15.3. The van der Waals surface area contributed by atoms with Crippen LogP contribution in [-0.4, -0.2) is 69.6 Å². The summed E-state index contributed by atoms with van der Waals surface area (Å²) in [5.74, 6) is 0.302. The number of para-hydroxylation sites is 2. The number of thioether (sulfide) groups is 1. The molecule has 2 amide bonds. The number of piperazine rings is 1. The van der Waals surface area contributed by atoms with Gasteiger partial charge in [0.25, 0.3) is 0 Å². The molecule has 7 nitrogen and oxygen atoms in total. The van der Waals surface area contributed by atoms with Crippen LogP contribution in [0, 0.1) is 6.92 Å². The summed E-state index contributed by atoms with van der Waals surface area (Å²) >= 11 is 7.55. The molecule has 1 aromatic heterocycles. The van der Waals surface area contributed by atoms with Crippen LogP contribution in [0.3, 0.4) is 0 Å². The molecule has 2 aromatic carbocycles. The lowest BCUT2D eigenvalue weighted by Gasteiger charge is -2.34. The number of anilines is 1. The van der Waals surface area contributed by atoms with Crippen LogP contribution in [-0.2, 0) is 9.59 Å². The standard InChI is InChI=1S/C24H26ClN5O2S/c1-18-6-2-5-9-21(18)30-11-10-26-24(30)33-17-23(32)29-14-12-28(13-15-29)16-22(31)27-20-8-4-3-7-19(20)25/h2-11H,12-17H2,1H3,(H,27,31). The minimum absolute atomic E-state index is 0.0829. The summed E-state index contributed by atoms with van der Waals surface area (Å²) in [4.78, 5) is 33.5. The number of nitrogens with one attached hydrogen (secondary N) is 1. The van der Waals surface area contributed by atoms with Gasteiger partial charge in [-0.2, -0.15) is 0 Å². The number of halogens is 1. The zero-order valence-corrected chi connectivity index (χ0v) is 20.0. The molecule has 0 aliphatic carbocycles. The van der Waals surface area contributed by atoms with Crippen LogP contribution in [0.25, 0.3) is 5.69 Å². The van der Waals surface area contributed by atoms with Gasteiger partial charge in [-0.05, 0) is 30.7 Å². The summed E-state index contributed by atoms with van der Waals surface area (Å²) in [7, 11) is 0. The SMILES string of the molecule is Cc1ccccc1-n1ccnc1SCC(=O)N1CCN(CC(=O)Nc2ccccc2Cl)CC1. The number of rotatable bonds is 7. The number of nitrogens with zero attached hydrogens (tertiary/aromatic N) is 4. The normalized spacial score (nSPS) is 14.3. The van der Waals surface area contributed by atoms with Crippen LogP contribution in [0.5, 0.6) is 0 Å². The minimum atomic E-state index is -0.110. The minimum Gasteiger partial charge on any atom is -0.339 e. The van der Waals surface area contributed by atoms with Crippen molar-refractivity contribution in [3.05, 3.63) is 71.5 Å². The van der Waals surface area contributed by atoms with Gasteiger partial charge in [-0.3, -0.25) is 19.1 Å². The Kier molecular flexibility index (Phi) is 7.69. The number of imidazole rings is 1. The van der Waals surface area contributed by atoms with Crippen LogP contribution in [0.1, 0.15) is 5.56 Å². The van der Waals surface area contributed by atoms with Gasteiger partial charge >= 0.3 is 0 Å². The van der Waals surface area contributed by atoms with Crippen LogP contribution in [0.4, 0.5) is 5.69 Å². The molecule has 4 rings (SSSR count). The lowest BCUT2D eigenvalue weighted by atomic mass is 10.2. The summed E-state index contributed by atoms with van der Waals surface area (Å²) in [5, 5.41) is 4.16. The number of amides is 2. The van der Waals surface area contributed by atoms with Crippen LogP contribution in [0.2, 0.25) is 5.02 Å². The molecule has 1 saturated heterocycles. The van der Waals surface area contributed by atoms with Crippen molar-refractivity contribution >= 4 is 40.9 Å². The summed E-state index contributed by atoms with van der Waals surface area (Å²) in [6.07, 6.45) is 3.67. The average Bonchev–Trinajstić information content (AvgIpc) is 3.28. The first kappa shape index (κ1) is 23.4. The maximum atomic E-state index is 12.8. The van der Waals surface area contributed by atoms with E-state index in [0.29, 0.717) is 42.6 Å². The highest BCUT2D eigenvalue weighted by Gasteiger charge is 2.23. The first-order valence-electron chi connectivity index (χ1n) is 10.8. The van der Waals surface area contributed by atoms with Crippen LogP contribution in [0.15, 0.2) is 66.1 Å². The Morgan fingerprint density at radius 3 is 2.55 bits per heavy atom. The molecule has 0 saturated carbocycles. The third kappa shape index (κ3) is 5.96. The van der Waals surface area contributed by atoms with E-state index in [1.807, 2.05) is 50.9 Å². The molecule has 33 heavy (non-hydrogen) atoms. The first-order valence-corrected chi connectivity index (χ1v) is 12.1. The van der Waals surface area contributed by atoms with Crippen molar-refractivity contribution in [1.29, 1.82) is 0 Å². The third-order valence-corrected chi connectivity index (χ3v) is 6.83. The van der Waals surface area contributed by atoms with Crippen molar-refractivity contribution < 1.29 is 9.59 Å². The van der Waals surface area contributed by atoms with E-state index in [0.717, 1.165) is 16.4 Å². The fraction of sp³-hybridized carbons (Fsp3) is 0.292. The van der Waals surface area contributed by atoms with Crippen molar-refractivity contribution in [2.45, 2.75) is 12.1 Å². The van der Waals surface area contributed by atoms with E-state index in [2.05, 4.69) is 23.3 Å². The van der Waals surface area contributed by atoms with E-state index in [1.165, 1.54) is 11.8 Å². The second kappa shape index (κ2) is 10.9. The molecule has 1 N–H and O–H groups in total. The molecule has 0 atom stereocenters. The monoisotopic (exact) mass is 483 g/mol. The fourth-order valence-electron chi connectivity index (χ4n) is 3.74. The quantitative estimate of drug-likeness (QED) is 0.519. The van der Waals surface area contributed by atoms with Crippen LogP contribution < -0.4 is 5.32 Å². The predicted octanol–water partition coefficient (Wildman–Crippen LogP) is 3.71. The van der Waals surface area contributed by atoms with E-state index >= 15 is 0 Å². The topological polar surface area (TPSA) is 70.5 Å². The van der Waals surface area contributed by atoms with Gasteiger partial charge in [0, 0.05) is 38.6 Å². The van der Waals surface area contributed by atoms with E-state index in [9.17, 15) is 9.59 Å². The van der Waals surface area contributed by atoms with Crippen LogP contribution >= 0.6 is 23.4 Å². The Bertz CT molecular complexity index is 1130. The number of hydrogen-bond donors (Lipinski definition) is 1. The van der Waals surface area contributed by atoms with E-state index in [-0.39, 0.29) is 18.4 Å². The van der Waals surface area contributed by atoms with Crippen molar-refractivity contribution in [2.75, 3.05) is 43.8 Å². The molecule has 172 valence electrons. The summed E-state index contributed by atoms with van der Waals surface area (Å²) < 4.78 is 2.02. The van der Waals surface area contributed by atoms with Gasteiger partial charge in [-0.1, -0.05) is 53.7 Å². The number of carbonyl (C=O) groups is 2. The molecule has 3 aromatic rings. The van der Waals surface area contributed by atoms with E-state index < -0.39 is 0 Å². The second-order valence-electron chi connectivity index (χ2n) is 7.84. The molecule has 0 radical (unpaired) electrons. The summed E-state index contributed by atoms with van der Waals surface area (Å²) in [6.45, 7) is 4.85. The molecular weight excluding hydrogens is 458 g/mol. The highest BCUT2D eigenvalue weighted by Crippen LogP contribution is 2.23. The zero-order chi connectivity index (χ0) is 23.2. The number of aryl methyl sites for hydroxylation is 1. The second-order valence-corrected chi connectivity index (χ2v) is 9.19. The number of aromatic nitrogens is 2. The highest BCUT2D eigenvalue weighted by molar-refractivity contribution is 7.99. The molecule has 9 heteroatoms. The first-order chi connectivity index (χ1) is 16.0. The Labute approximate surface area is 202 Å². The lowest BCUT2D eigenvalue weighted by Crippen LogP contribution is -2.50. The Hall–Kier alpha value is -2.81. The Morgan fingerprint density at radius 1 is 1.06 bits per heavy atom. The van der Waals surface area contributed by atoms with Gasteiger partial charge in [0.1, 0.15) is 0 Å². The molecular formula is C24H26ClN5O2S. The van der Waals surface area contributed by atoms with Gasteiger partial charge in [0.15, 0.2) is 5.16 Å². The molecule has 0 spiro atoms. The van der Waals surface area contributed by atoms with Crippen molar-refractivity contribution in [3.63, 3.8) is 0 Å². The van der Waals surface area contributed by atoms with Crippen molar-refractivity contribution in [2.24, 2.45) is 0 Å². The zero-order valence-electron chi connectivity index (χ0n) is 18.4. The molecule has 1 fully saturated rings. The van der Waals surface area contributed by atoms with Gasteiger partial charge in [0.2, 0.25) is 11.8 Å². The largest absolute Gasteiger partial charge is 0.339 e. The molecule has 0 bridgehead atoms. The van der Waals surface area contributed by atoms with Gasteiger partial charge in [0.05, 0.1) is 28.7 Å². The smallest absolute Gasteiger partial charge is 0.238 e. The van der Waals surface area contributed by atoms with Crippen molar-refractivity contribution in [3.8, 4) is 5.69 Å². The van der Waals surface area contributed by atoms with Crippen molar-refractivity contribution in [1.82, 2.24) is 19.4 Å². The molecule has 0 unspecified atom stereocenters. The lowest BCUT2D eigenvalue weighted by molar-refractivity contribution is -0.130. The predicted molar refractivity (Wildman–Crippen MR) is 132 cm³/mol. The van der Waals surface area contributed by atoms with E-state index in [4.69, 9.17) is 11.6 Å². The number of carbonyl (C=O) groups excluding carboxylic acids is 2. The van der Waals surface area contributed by atoms with Gasteiger partial charge in [-0.25, -0.2) is 4.98 Å².